The van der Waals surface area contributed by atoms with Gasteiger partial charge in [-0.15, -0.1) is 0 Å². The van der Waals surface area contributed by atoms with E-state index in [4.69, 9.17) is 0 Å². The van der Waals surface area contributed by atoms with E-state index < -0.39 is 0 Å². The van der Waals surface area contributed by atoms with Crippen molar-refractivity contribution < 1.29 is 9.59 Å². The van der Waals surface area contributed by atoms with Crippen molar-refractivity contribution in [3.05, 3.63) is 29.8 Å². The van der Waals surface area contributed by atoms with Crippen LogP contribution in [0.1, 0.15) is 46.6 Å². The minimum atomic E-state index is -0.171. The summed E-state index contributed by atoms with van der Waals surface area (Å²) >= 11 is 0. The van der Waals surface area contributed by atoms with Crippen molar-refractivity contribution in [2.45, 2.75) is 53.6 Å². The summed E-state index contributed by atoms with van der Waals surface area (Å²) in [5, 5.41) is 8.62. The SMILES string of the molecule is CCN(CC)C(CNC(=O)NCc1cccc(NC(C)=O)c1)CC(C)C. The van der Waals surface area contributed by atoms with E-state index in [0.29, 0.717) is 25.0 Å². The fourth-order valence-corrected chi connectivity index (χ4v) is 3.06. The Labute approximate surface area is 157 Å². The Morgan fingerprint density at radius 3 is 2.38 bits per heavy atom. The topological polar surface area (TPSA) is 73.5 Å². The van der Waals surface area contributed by atoms with E-state index in [1.165, 1.54) is 6.92 Å². The number of hydrogen-bond acceptors (Lipinski definition) is 3. The molecule has 3 amide bonds. The molecule has 1 aromatic carbocycles. The molecule has 0 aliphatic rings. The Morgan fingerprint density at radius 2 is 1.81 bits per heavy atom. The monoisotopic (exact) mass is 362 g/mol. The molecule has 0 heterocycles. The molecule has 0 spiro atoms. The average molecular weight is 363 g/mol. The van der Waals surface area contributed by atoms with Gasteiger partial charge in [0.1, 0.15) is 0 Å². The molecule has 0 aromatic heterocycles. The van der Waals surface area contributed by atoms with Gasteiger partial charge in [0.05, 0.1) is 0 Å². The van der Waals surface area contributed by atoms with Crippen LogP contribution >= 0.6 is 0 Å². The van der Waals surface area contributed by atoms with Gasteiger partial charge in [-0.05, 0) is 43.1 Å². The highest BCUT2D eigenvalue weighted by atomic mass is 16.2. The molecule has 26 heavy (non-hydrogen) atoms. The average Bonchev–Trinajstić information content (AvgIpc) is 2.58. The minimum absolute atomic E-state index is 0.111. The van der Waals surface area contributed by atoms with Crippen LogP contribution in [0.3, 0.4) is 0 Å². The van der Waals surface area contributed by atoms with E-state index in [1.54, 1.807) is 0 Å². The Bertz CT molecular complexity index is 571. The molecule has 0 fully saturated rings. The van der Waals surface area contributed by atoms with Gasteiger partial charge in [-0.1, -0.05) is 39.8 Å². The maximum Gasteiger partial charge on any atom is 0.315 e. The summed E-state index contributed by atoms with van der Waals surface area (Å²) in [4.78, 5) is 25.7. The third-order valence-electron chi connectivity index (χ3n) is 4.27. The van der Waals surface area contributed by atoms with E-state index in [1.807, 2.05) is 24.3 Å². The maximum atomic E-state index is 12.2. The highest BCUT2D eigenvalue weighted by Crippen LogP contribution is 2.12. The molecule has 0 aliphatic heterocycles. The molecule has 1 rings (SSSR count). The fourth-order valence-electron chi connectivity index (χ4n) is 3.06. The van der Waals surface area contributed by atoms with Crippen LogP contribution in [0.5, 0.6) is 0 Å². The van der Waals surface area contributed by atoms with Crippen LogP contribution in [0.25, 0.3) is 0 Å². The minimum Gasteiger partial charge on any atom is -0.337 e. The lowest BCUT2D eigenvalue weighted by Gasteiger charge is -2.31. The molecule has 0 saturated heterocycles. The zero-order chi connectivity index (χ0) is 19.5. The summed E-state index contributed by atoms with van der Waals surface area (Å²) in [7, 11) is 0. The number of amides is 3. The number of carbonyl (C=O) groups is 2. The second-order valence-electron chi connectivity index (χ2n) is 6.95. The largest absolute Gasteiger partial charge is 0.337 e. The number of hydrogen-bond donors (Lipinski definition) is 3. The molecule has 0 saturated carbocycles. The van der Waals surface area contributed by atoms with E-state index in [9.17, 15) is 9.59 Å². The molecule has 6 nitrogen and oxygen atoms in total. The Balaban J connectivity index is 2.51. The molecule has 0 radical (unpaired) electrons. The third kappa shape index (κ3) is 8.34. The Hall–Kier alpha value is -2.08. The number of likely N-dealkylation sites (N-methyl/N-ethyl adjacent to an activating group) is 1. The molecular weight excluding hydrogens is 328 g/mol. The number of rotatable bonds is 10. The smallest absolute Gasteiger partial charge is 0.315 e. The van der Waals surface area contributed by atoms with Gasteiger partial charge in [0.15, 0.2) is 0 Å². The summed E-state index contributed by atoms with van der Waals surface area (Å²) in [6, 6.07) is 7.64. The number of urea groups is 1. The molecule has 0 bridgehead atoms. The number of carbonyl (C=O) groups excluding carboxylic acids is 2. The van der Waals surface area contributed by atoms with Crippen LogP contribution in [-0.2, 0) is 11.3 Å². The molecule has 1 aromatic rings. The molecule has 1 atom stereocenters. The fraction of sp³-hybridized carbons (Fsp3) is 0.600. The lowest BCUT2D eigenvalue weighted by atomic mass is 10.0. The second-order valence-corrected chi connectivity index (χ2v) is 6.95. The predicted octanol–water partition coefficient (Wildman–Crippen LogP) is 3.20. The lowest BCUT2D eigenvalue weighted by Crippen LogP contribution is -2.46. The maximum absolute atomic E-state index is 12.2. The Morgan fingerprint density at radius 1 is 1.12 bits per heavy atom. The van der Waals surface area contributed by atoms with Crippen LogP contribution in [0.2, 0.25) is 0 Å². The molecule has 3 N–H and O–H groups in total. The van der Waals surface area contributed by atoms with Gasteiger partial charge in [0, 0.05) is 31.7 Å². The first kappa shape index (κ1) is 22.0. The van der Waals surface area contributed by atoms with Crippen LogP contribution in [-0.4, -0.2) is 42.5 Å². The first-order chi connectivity index (χ1) is 12.3. The van der Waals surface area contributed by atoms with Gasteiger partial charge in [-0.3, -0.25) is 9.69 Å². The zero-order valence-corrected chi connectivity index (χ0v) is 16.8. The number of nitrogens with one attached hydrogen (secondary N) is 3. The van der Waals surface area contributed by atoms with Crippen molar-refractivity contribution in [3.63, 3.8) is 0 Å². The number of anilines is 1. The molecular formula is C20H34N4O2. The summed E-state index contributed by atoms with van der Waals surface area (Å²) in [6.45, 7) is 13.2. The van der Waals surface area contributed by atoms with Crippen molar-refractivity contribution in [1.82, 2.24) is 15.5 Å². The highest BCUT2D eigenvalue weighted by molar-refractivity contribution is 5.88. The molecule has 146 valence electrons. The summed E-state index contributed by atoms with van der Waals surface area (Å²) in [6.07, 6.45) is 1.06. The normalized spacial score (nSPS) is 12.1. The molecule has 0 aliphatic carbocycles. The van der Waals surface area contributed by atoms with E-state index in [2.05, 4.69) is 48.5 Å². The number of benzene rings is 1. The van der Waals surface area contributed by atoms with E-state index >= 15 is 0 Å². The number of nitrogens with zero attached hydrogens (tertiary/aromatic N) is 1. The van der Waals surface area contributed by atoms with Gasteiger partial charge in [0.25, 0.3) is 0 Å². The van der Waals surface area contributed by atoms with Gasteiger partial charge in [-0.25, -0.2) is 4.79 Å². The second kappa shape index (κ2) is 11.5. The van der Waals surface area contributed by atoms with Crippen molar-refractivity contribution >= 4 is 17.6 Å². The van der Waals surface area contributed by atoms with Crippen LogP contribution < -0.4 is 16.0 Å². The van der Waals surface area contributed by atoms with Crippen LogP contribution in [0.4, 0.5) is 10.5 Å². The van der Waals surface area contributed by atoms with Crippen molar-refractivity contribution in [3.8, 4) is 0 Å². The standard InChI is InChI=1S/C20H34N4O2/c1-6-24(7-2)19(11-15(3)4)14-22-20(26)21-13-17-9-8-10-18(12-17)23-16(5)25/h8-10,12,15,19H,6-7,11,13-14H2,1-5H3,(H,23,25)(H2,21,22,26). The summed E-state index contributed by atoms with van der Waals surface area (Å²) < 4.78 is 0. The van der Waals surface area contributed by atoms with E-state index in [0.717, 1.165) is 30.8 Å². The van der Waals surface area contributed by atoms with Gasteiger partial charge < -0.3 is 16.0 Å². The predicted molar refractivity (Wildman–Crippen MR) is 107 cm³/mol. The van der Waals surface area contributed by atoms with Crippen LogP contribution in [0.15, 0.2) is 24.3 Å². The van der Waals surface area contributed by atoms with Gasteiger partial charge in [0.2, 0.25) is 5.91 Å². The van der Waals surface area contributed by atoms with Crippen molar-refractivity contribution in [2.75, 3.05) is 25.0 Å². The first-order valence-electron chi connectivity index (χ1n) is 9.47. The molecule has 6 heteroatoms. The van der Waals surface area contributed by atoms with Crippen molar-refractivity contribution in [2.24, 2.45) is 5.92 Å². The first-order valence-corrected chi connectivity index (χ1v) is 9.47. The summed E-state index contributed by atoms with van der Waals surface area (Å²) in [5.41, 5.74) is 1.67. The van der Waals surface area contributed by atoms with Gasteiger partial charge in [-0.2, -0.15) is 0 Å². The summed E-state index contributed by atoms with van der Waals surface area (Å²) in [5.74, 6) is 0.474. The Kier molecular flexibility index (Phi) is 9.73. The van der Waals surface area contributed by atoms with Crippen molar-refractivity contribution in [1.29, 1.82) is 0 Å². The van der Waals surface area contributed by atoms with Gasteiger partial charge >= 0.3 is 6.03 Å². The highest BCUT2D eigenvalue weighted by Gasteiger charge is 2.17. The quantitative estimate of drug-likeness (QED) is 0.598. The zero-order valence-electron chi connectivity index (χ0n) is 16.8. The van der Waals surface area contributed by atoms with Crippen LogP contribution in [0, 0.1) is 5.92 Å². The van der Waals surface area contributed by atoms with E-state index in [-0.39, 0.29) is 11.9 Å². The third-order valence-corrected chi connectivity index (χ3v) is 4.27. The molecule has 1 unspecified atom stereocenters. The lowest BCUT2D eigenvalue weighted by molar-refractivity contribution is -0.114.